The molecule has 0 bridgehead atoms. The summed E-state index contributed by atoms with van der Waals surface area (Å²) in [6.45, 7) is 1.29. The number of amides is 1. The topological polar surface area (TPSA) is 79.6 Å². The summed E-state index contributed by atoms with van der Waals surface area (Å²) in [6.07, 6.45) is 3.02. The summed E-state index contributed by atoms with van der Waals surface area (Å²) >= 11 is 0. The maximum absolute atomic E-state index is 12.2. The molecular weight excluding hydrogens is 268 g/mol. The van der Waals surface area contributed by atoms with Crippen LogP contribution in [0.15, 0.2) is 21.6 Å². The Morgan fingerprint density at radius 2 is 2.21 bits per heavy atom. The van der Waals surface area contributed by atoms with Crippen molar-refractivity contribution in [3.63, 3.8) is 0 Å². The molecule has 6 nitrogen and oxygen atoms in total. The van der Waals surface area contributed by atoms with E-state index >= 15 is 0 Å². The minimum absolute atomic E-state index is 0.0807. The largest absolute Gasteiger partial charge is 0.440 e. The number of piperidine rings is 1. The van der Waals surface area contributed by atoms with Gasteiger partial charge < -0.3 is 14.6 Å². The van der Waals surface area contributed by atoms with E-state index in [2.05, 4.69) is 5.32 Å². The number of likely N-dealkylation sites (tertiary alicyclic amines) is 1. The van der Waals surface area contributed by atoms with Gasteiger partial charge in [-0.25, -0.2) is 8.42 Å². The summed E-state index contributed by atoms with van der Waals surface area (Å²) in [4.78, 5) is 13.9. The Kier molecular flexibility index (Phi) is 3.96. The van der Waals surface area contributed by atoms with Crippen molar-refractivity contribution >= 4 is 15.7 Å². The first-order valence-corrected chi connectivity index (χ1v) is 8.07. The number of carbonyl (C=O) groups is 1. The Balaban J connectivity index is 2.13. The molecule has 2 rings (SSSR count). The van der Waals surface area contributed by atoms with Crippen LogP contribution in [0.2, 0.25) is 0 Å². The van der Waals surface area contributed by atoms with Gasteiger partial charge in [0.05, 0.1) is 0 Å². The monoisotopic (exact) mass is 286 g/mol. The van der Waals surface area contributed by atoms with Crippen molar-refractivity contribution in [2.24, 2.45) is 0 Å². The van der Waals surface area contributed by atoms with Crippen LogP contribution in [0, 0.1) is 0 Å². The van der Waals surface area contributed by atoms with Crippen LogP contribution in [0.5, 0.6) is 0 Å². The van der Waals surface area contributed by atoms with Gasteiger partial charge in [-0.3, -0.25) is 4.79 Å². The first kappa shape index (κ1) is 14.1. The van der Waals surface area contributed by atoms with Gasteiger partial charge in [0.1, 0.15) is 0 Å². The normalized spacial score (nSPS) is 20.5. The van der Waals surface area contributed by atoms with Gasteiger partial charge in [-0.2, -0.15) is 0 Å². The van der Waals surface area contributed by atoms with E-state index in [-0.39, 0.29) is 22.8 Å². The number of nitrogens with zero attached hydrogens (tertiary/aromatic N) is 1. The Bertz CT molecular complexity index is 564. The molecule has 1 amide bonds. The van der Waals surface area contributed by atoms with Crippen molar-refractivity contribution in [1.29, 1.82) is 0 Å². The number of furan rings is 1. The average molecular weight is 286 g/mol. The smallest absolute Gasteiger partial charge is 0.289 e. The Hall–Kier alpha value is -1.34. The number of nitrogens with one attached hydrogen (secondary N) is 1. The maximum Gasteiger partial charge on any atom is 0.289 e. The fourth-order valence-corrected chi connectivity index (χ4v) is 2.74. The molecule has 0 aliphatic carbocycles. The van der Waals surface area contributed by atoms with Gasteiger partial charge in [-0.1, -0.05) is 0 Å². The van der Waals surface area contributed by atoms with E-state index in [1.165, 1.54) is 12.1 Å². The van der Waals surface area contributed by atoms with Crippen LogP contribution in [0.4, 0.5) is 0 Å². The highest BCUT2D eigenvalue weighted by Gasteiger charge is 2.26. The molecule has 2 heterocycles. The predicted octanol–water partition coefficient (Wildman–Crippen LogP) is 0.507. The highest BCUT2D eigenvalue weighted by molar-refractivity contribution is 7.90. The first-order chi connectivity index (χ1) is 8.91. The first-order valence-electron chi connectivity index (χ1n) is 6.18. The Morgan fingerprint density at radius 1 is 1.47 bits per heavy atom. The fraction of sp³-hybridized carbons (Fsp3) is 0.583. The van der Waals surface area contributed by atoms with Crippen molar-refractivity contribution in [1.82, 2.24) is 10.2 Å². The summed E-state index contributed by atoms with van der Waals surface area (Å²) in [6, 6.07) is 3.02. The van der Waals surface area contributed by atoms with Gasteiger partial charge in [-0.05, 0) is 32.0 Å². The zero-order valence-electron chi connectivity index (χ0n) is 11.0. The van der Waals surface area contributed by atoms with E-state index in [4.69, 9.17) is 4.42 Å². The lowest BCUT2D eigenvalue weighted by Crippen LogP contribution is -2.46. The second-order valence-electron chi connectivity index (χ2n) is 4.77. The van der Waals surface area contributed by atoms with Gasteiger partial charge in [-0.15, -0.1) is 0 Å². The Labute approximate surface area is 112 Å². The minimum Gasteiger partial charge on any atom is -0.440 e. The van der Waals surface area contributed by atoms with E-state index < -0.39 is 9.84 Å². The molecule has 0 saturated carbocycles. The molecular formula is C12H18N2O4S. The SMILES string of the molecule is CNC1CCCN(C(=O)c2ccc(S(C)(=O)=O)o2)C1. The molecule has 1 saturated heterocycles. The standard InChI is InChI=1S/C12H18N2O4S/c1-13-9-4-3-7-14(8-9)12(15)10-5-6-11(18-10)19(2,16)17/h5-6,9,13H,3-4,7-8H2,1-2H3. The lowest BCUT2D eigenvalue weighted by molar-refractivity contribution is 0.0660. The minimum atomic E-state index is -3.41. The van der Waals surface area contributed by atoms with Gasteiger partial charge in [0.15, 0.2) is 5.76 Å². The third kappa shape index (κ3) is 3.16. The average Bonchev–Trinajstić information content (AvgIpc) is 2.87. The molecule has 1 atom stereocenters. The summed E-state index contributed by atoms with van der Waals surface area (Å²) in [5.41, 5.74) is 0. The van der Waals surface area contributed by atoms with Crippen LogP contribution in [-0.4, -0.2) is 51.7 Å². The van der Waals surface area contributed by atoms with E-state index in [0.29, 0.717) is 13.1 Å². The third-order valence-electron chi connectivity index (χ3n) is 3.27. The molecule has 19 heavy (non-hydrogen) atoms. The quantitative estimate of drug-likeness (QED) is 0.875. The van der Waals surface area contributed by atoms with E-state index in [9.17, 15) is 13.2 Å². The van der Waals surface area contributed by atoms with Gasteiger partial charge >= 0.3 is 0 Å². The number of hydrogen-bond donors (Lipinski definition) is 1. The molecule has 1 unspecified atom stereocenters. The van der Waals surface area contributed by atoms with Gasteiger partial charge in [0, 0.05) is 25.4 Å². The lowest BCUT2D eigenvalue weighted by atomic mass is 10.1. The summed E-state index contributed by atoms with van der Waals surface area (Å²) in [5.74, 6) is -0.174. The van der Waals surface area contributed by atoms with E-state index in [1.54, 1.807) is 4.90 Å². The van der Waals surface area contributed by atoms with Crippen LogP contribution in [0.25, 0.3) is 0 Å². The van der Waals surface area contributed by atoms with Gasteiger partial charge in [0.25, 0.3) is 5.91 Å². The van der Waals surface area contributed by atoms with Crippen molar-refractivity contribution in [3.8, 4) is 0 Å². The molecule has 7 heteroatoms. The molecule has 0 radical (unpaired) electrons. The zero-order valence-corrected chi connectivity index (χ0v) is 11.9. The summed E-state index contributed by atoms with van der Waals surface area (Å²) in [7, 11) is -1.54. The van der Waals surface area contributed by atoms with Crippen molar-refractivity contribution < 1.29 is 17.6 Å². The van der Waals surface area contributed by atoms with Crippen molar-refractivity contribution in [2.45, 2.75) is 24.0 Å². The number of hydrogen-bond acceptors (Lipinski definition) is 5. The predicted molar refractivity (Wildman–Crippen MR) is 69.8 cm³/mol. The number of carbonyl (C=O) groups excluding carboxylic acids is 1. The molecule has 1 aliphatic heterocycles. The second kappa shape index (κ2) is 5.34. The Morgan fingerprint density at radius 3 is 2.79 bits per heavy atom. The number of rotatable bonds is 3. The summed E-state index contributed by atoms with van der Waals surface area (Å²) < 4.78 is 27.8. The lowest BCUT2D eigenvalue weighted by Gasteiger charge is -2.31. The van der Waals surface area contributed by atoms with Crippen molar-refractivity contribution in [2.75, 3.05) is 26.4 Å². The molecule has 0 aromatic carbocycles. The molecule has 1 fully saturated rings. The van der Waals surface area contributed by atoms with Crippen LogP contribution < -0.4 is 5.32 Å². The molecule has 1 aromatic heterocycles. The second-order valence-corrected chi connectivity index (χ2v) is 6.72. The molecule has 1 aliphatic rings. The van der Waals surface area contributed by atoms with Crippen molar-refractivity contribution in [3.05, 3.63) is 17.9 Å². The molecule has 1 aromatic rings. The highest BCUT2D eigenvalue weighted by atomic mass is 32.2. The van der Waals surface area contributed by atoms with Gasteiger partial charge in [0.2, 0.25) is 14.9 Å². The zero-order chi connectivity index (χ0) is 14.0. The van der Waals surface area contributed by atoms with Crippen LogP contribution in [0.3, 0.4) is 0 Å². The molecule has 106 valence electrons. The van der Waals surface area contributed by atoms with E-state index in [1.807, 2.05) is 7.05 Å². The number of likely N-dealkylation sites (N-methyl/N-ethyl adjacent to an activating group) is 1. The third-order valence-corrected chi connectivity index (χ3v) is 4.22. The molecule has 1 N–H and O–H groups in total. The molecule has 0 spiro atoms. The van der Waals surface area contributed by atoms with Crippen LogP contribution in [-0.2, 0) is 9.84 Å². The van der Waals surface area contributed by atoms with E-state index in [0.717, 1.165) is 19.1 Å². The number of sulfone groups is 1. The van der Waals surface area contributed by atoms with Crippen LogP contribution in [0.1, 0.15) is 23.4 Å². The highest BCUT2D eigenvalue weighted by Crippen LogP contribution is 2.18. The fourth-order valence-electron chi connectivity index (χ4n) is 2.19. The van der Waals surface area contributed by atoms with Crippen LogP contribution >= 0.6 is 0 Å². The summed E-state index contributed by atoms with van der Waals surface area (Å²) in [5, 5.41) is 2.98. The maximum atomic E-state index is 12.2.